The second kappa shape index (κ2) is 4.65. The summed E-state index contributed by atoms with van der Waals surface area (Å²) in [5.41, 5.74) is 0.344. The number of hydrogen-bond donors (Lipinski definition) is 2. The van der Waals surface area contributed by atoms with E-state index in [9.17, 15) is 18.3 Å². The fraction of sp³-hybridized carbons (Fsp3) is 0.400. The molecule has 6 heteroatoms. The smallest absolute Gasteiger partial charge is 0.384 e. The lowest BCUT2D eigenvalue weighted by Gasteiger charge is -2.21. The lowest BCUT2D eigenvalue weighted by molar-refractivity contribution is -0.0328. The molecule has 0 bridgehead atoms. The molecule has 3 N–H and O–H groups in total. The summed E-state index contributed by atoms with van der Waals surface area (Å²) >= 11 is -0.185. The first-order valence-electron chi connectivity index (χ1n) is 4.53. The molecule has 2 nitrogen and oxygen atoms in total. The van der Waals surface area contributed by atoms with Gasteiger partial charge in [-0.25, -0.2) is 0 Å². The van der Waals surface area contributed by atoms with Gasteiger partial charge in [0.2, 0.25) is 0 Å². The number of benzene rings is 1. The van der Waals surface area contributed by atoms with Crippen LogP contribution in [0.15, 0.2) is 29.2 Å². The van der Waals surface area contributed by atoms with Crippen molar-refractivity contribution in [2.24, 2.45) is 5.73 Å². The van der Waals surface area contributed by atoms with Gasteiger partial charge in [0.15, 0.2) is 0 Å². The zero-order valence-corrected chi connectivity index (χ0v) is 9.40. The second-order valence-electron chi connectivity index (χ2n) is 3.55. The summed E-state index contributed by atoms with van der Waals surface area (Å²) in [5.74, 6) is 0. The monoisotopic (exact) mass is 251 g/mol. The van der Waals surface area contributed by atoms with E-state index in [2.05, 4.69) is 0 Å². The van der Waals surface area contributed by atoms with Gasteiger partial charge in [-0.05, 0) is 36.4 Å². The van der Waals surface area contributed by atoms with Crippen molar-refractivity contribution < 1.29 is 18.3 Å². The molecule has 1 atom stereocenters. The molecule has 16 heavy (non-hydrogen) atoms. The molecule has 0 saturated carbocycles. The first-order chi connectivity index (χ1) is 7.24. The molecule has 0 aromatic heterocycles. The van der Waals surface area contributed by atoms with Gasteiger partial charge in [-0.15, -0.1) is 0 Å². The third-order valence-electron chi connectivity index (χ3n) is 2.11. The van der Waals surface area contributed by atoms with Crippen molar-refractivity contribution in [1.82, 2.24) is 0 Å². The van der Waals surface area contributed by atoms with E-state index >= 15 is 0 Å². The molecule has 1 rings (SSSR count). The van der Waals surface area contributed by atoms with Crippen molar-refractivity contribution in [3.63, 3.8) is 0 Å². The fourth-order valence-electron chi connectivity index (χ4n) is 1.13. The maximum Gasteiger partial charge on any atom is 0.446 e. The van der Waals surface area contributed by atoms with E-state index in [1.807, 2.05) is 0 Å². The minimum atomic E-state index is -4.29. The Labute approximate surface area is 95.6 Å². The van der Waals surface area contributed by atoms with E-state index in [4.69, 9.17) is 5.73 Å². The molecule has 0 aliphatic carbocycles. The number of rotatable bonds is 3. The molecule has 0 aliphatic heterocycles. The van der Waals surface area contributed by atoms with Crippen LogP contribution in [0.3, 0.4) is 0 Å². The fourth-order valence-corrected chi connectivity index (χ4v) is 1.67. The van der Waals surface area contributed by atoms with Gasteiger partial charge in [0.1, 0.15) is 0 Å². The minimum Gasteiger partial charge on any atom is -0.384 e. The highest BCUT2D eigenvalue weighted by atomic mass is 32.2. The minimum absolute atomic E-state index is 0.0127. The van der Waals surface area contributed by atoms with E-state index in [-0.39, 0.29) is 23.2 Å². The van der Waals surface area contributed by atoms with Crippen molar-refractivity contribution in [2.45, 2.75) is 22.9 Å². The van der Waals surface area contributed by atoms with Gasteiger partial charge in [0, 0.05) is 11.4 Å². The third kappa shape index (κ3) is 3.70. The Bertz CT molecular complexity index is 348. The Morgan fingerprint density at radius 2 is 1.75 bits per heavy atom. The Balaban J connectivity index is 2.84. The number of nitrogens with two attached hydrogens (primary N) is 1. The maximum absolute atomic E-state index is 12.0. The van der Waals surface area contributed by atoms with Crippen LogP contribution in [0.4, 0.5) is 13.2 Å². The molecule has 0 spiro atoms. The van der Waals surface area contributed by atoms with Gasteiger partial charge in [-0.3, -0.25) is 0 Å². The quantitative estimate of drug-likeness (QED) is 0.811. The molecule has 0 heterocycles. The standard InChI is InChI=1S/C10H12F3NOS/c1-9(15,6-14)7-2-4-8(5-3-7)16-10(11,12)13/h2-5,15H,6,14H2,1H3. The topological polar surface area (TPSA) is 46.2 Å². The molecule has 0 aliphatic rings. The summed E-state index contributed by atoms with van der Waals surface area (Å²) in [6.45, 7) is 1.53. The number of alkyl halides is 3. The summed E-state index contributed by atoms with van der Waals surface area (Å²) in [6, 6.07) is 5.52. The lowest BCUT2D eigenvalue weighted by atomic mass is 9.97. The van der Waals surface area contributed by atoms with E-state index in [1.54, 1.807) is 0 Å². The summed E-state index contributed by atoms with van der Waals surface area (Å²) in [7, 11) is 0. The van der Waals surface area contributed by atoms with Crippen LogP contribution in [0.1, 0.15) is 12.5 Å². The van der Waals surface area contributed by atoms with Crippen molar-refractivity contribution in [3.05, 3.63) is 29.8 Å². The van der Waals surface area contributed by atoms with Crippen LogP contribution in [0, 0.1) is 0 Å². The molecular formula is C10H12F3NOS. The van der Waals surface area contributed by atoms with Gasteiger partial charge in [-0.2, -0.15) is 13.2 Å². The van der Waals surface area contributed by atoms with Crippen molar-refractivity contribution in [3.8, 4) is 0 Å². The molecule has 1 unspecified atom stereocenters. The maximum atomic E-state index is 12.0. The van der Waals surface area contributed by atoms with Crippen LogP contribution in [-0.2, 0) is 5.60 Å². The predicted molar refractivity (Wildman–Crippen MR) is 57.0 cm³/mol. The highest BCUT2D eigenvalue weighted by Gasteiger charge is 2.29. The average molecular weight is 251 g/mol. The zero-order chi connectivity index (χ0) is 12.4. The van der Waals surface area contributed by atoms with Gasteiger partial charge >= 0.3 is 5.51 Å². The average Bonchev–Trinajstić information content (AvgIpc) is 2.16. The predicted octanol–water partition coefficient (Wildman–Crippen LogP) is 2.46. The second-order valence-corrected chi connectivity index (χ2v) is 4.69. The molecule has 0 amide bonds. The summed E-state index contributed by atoms with van der Waals surface area (Å²) < 4.78 is 36.1. The lowest BCUT2D eigenvalue weighted by Crippen LogP contribution is -2.31. The normalized spacial score (nSPS) is 15.9. The van der Waals surface area contributed by atoms with Crippen LogP contribution < -0.4 is 5.73 Å². The van der Waals surface area contributed by atoms with Crippen LogP contribution in [0.25, 0.3) is 0 Å². The molecular weight excluding hydrogens is 239 g/mol. The molecule has 0 saturated heterocycles. The Kier molecular flexibility index (Phi) is 3.88. The SMILES string of the molecule is CC(O)(CN)c1ccc(SC(F)(F)F)cc1. The van der Waals surface area contributed by atoms with E-state index in [1.165, 1.54) is 31.2 Å². The van der Waals surface area contributed by atoms with E-state index < -0.39 is 11.1 Å². The first kappa shape index (κ1) is 13.3. The number of thioether (sulfide) groups is 1. The van der Waals surface area contributed by atoms with Crippen LogP contribution in [-0.4, -0.2) is 17.2 Å². The summed E-state index contributed by atoms with van der Waals surface area (Å²) in [6.07, 6.45) is 0. The van der Waals surface area contributed by atoms with Gasteiger partial charge in [0.05, 0.1) is 5.60 Å². The Hall–Kier alpha value is -0.720. The van der Waals surface area contributed by atoms with E-state index in [0.717, 1.165) is 0 Å². The largest absolute Gasteiger partial charge is 0.446 e. The van der Waals surface area contributed by atoms with Crippen LogP contribution in [0.2, 0.25) is 0 Å². The van der Waals surface area contributed by atoms with Gasteiger partial charge in [-0.1, -0.05) is 12.1 Å². The molecule has 0 radical (unpaired) electrons. The van der Waals surface area contributed by atoms with Gasteiger partial charge < -0.3 is 10.8 Å². The Morgan fingerprint density at radius 1 is 1.25 bits per heavy atom. The molecule has 90 valence electrons. The molecule has 1 aromatic carbocycles. The molecule has 1 aromatic rings. The molecule has 0 fully saturated rings. The summed E-state index contributed by atoms with van der Waals surface area (Å²) in [5, 5.41) is 9.76. The first-order valence-corrected chi connectivity index (χ1v) is 5.35. The van der Waals surface area contributed by atoms with Crippen molar-refractivity contribution >= 4 is 11.8 Å². The number of hydrogen-bond acceptors (Lipinski definition) is 3. The Morgan fingerprint density at radius 3 is 2.12 bits per heavy atom. The third-order valence-corrected chi connectivity index (χ3v) is 2.85. The highest BCUT2D eigenvalue weighted by molar-refractivity contribution is 8.00. The number of aliphatic hydroxyl groups is 1. The van der Waals surface area contributed by atoms with Crippen molar-refractivity contribution in [2.75, 3.05) is 6.54 Å². The zero-order valence-electron chi connectivity index (χ0n) is 8.58. The van der Waals surface area contributed by atoms with Crippen LogP contribution >= 0.6 is 11.8 Å². The number of halogens is 3. The highest BCUT2D eigenvalue weighted by Crippen LogP contribution is 2.37. The van der Waals surface area contributed by atoms with Crippen molar-refractivity contribution in [1.29, 1.82) is 0 Å². The van der Waals surface area contributed by atoms with Crippen LogP contribution in [0.5, 0.6) is 0 Å². The van der Waals surface area contributed by atoms with E-state index in [0.29, 0.717) is 5.56 Å². The summed E-state index contributed by atoms with van der Waals surface area (Å²) in [4.78, 5) is 0.0871. The van der Waals surface area contributed by atoms with Gasteiger partial charge in [0.25, 0.3) is 0 Å².